The highest BCUT2D eigenvalue weighted by atomic mass is 16.2. The summed E-state index contributed by atoms with van der Waals surface area (Å²) >= 11 is 0. The van der Waals surface area contributed by atoms with Gasteiger partial charge >= 0.3 is 0 Å². The summed E-state index contributed by atoms with van der Waals surface area (Å²) in [5.41, 5.74) is 6.74. The first-order valence-corrected chi connectivity index (χ1v) is 8.66. The molecule has 1 aliphatic heterocycles. The Bertz CT molecular complexity index is 899. The van der Waals surface area contributed by atoms with E-state index >= 15 is 0 Å². The fraction of sp³-hybridized carbons (Fsp3) is 0.238. The van der Waals surface area contributed by atoms with Gasteiger partial charge in [0.05, 0.1) is 24.5 Å². The highest BCUT2D eigenvalue weighted by Gasteiger charge is 2.28. The molecule has 0 bridgehead atoms. The molecule has 0 spiro atoms. The Labute approximate surface area is 147 Å². The van der Waals surface area contributed by atoms with Gasteiger partial charge in [-0.25, -0.2) is 0 Å². The molecule has 1 aromatic heterocycles. The van der Waals surface area contributed by atoms with Crippen molar-refractivity contribution in [1.29, 1.82) is 0 Å². The number of carbonyl (C=O) groups excluding carboxylic acids is 1. The summed E-state index contributed by atoms with van der Waals surface area (Å²) < 4.78 is 0. The normalized spacial score (nSPS) is 13.1. The Morgan fingerprint density at radius 1 is 1.08 bits per heavy atom. The molecule has 0 unspecified atom stereocenters. The van der Waals surface area contributed by atoms with Crippen molar-refractivity contribution in [3.63, 3.8) is 0 Å². The first-order valence-electron chi connectivity index (χ1n) is 8.66. The summed E-state index contributed by atoms with van der Waals surface area (Å²) in [5, 5.41) is 7.62. The van der Waals surface area contributed by atoms with Gasteiger partial charge in [-0.05, 0) is 24.5 Å². The van der Waals surface area contributed by atoms with Gasteiger partial charge in [-0.2, -0.15) is 5.10 Å². The first-order chi connectivity index (χ1) is 12.2. The maximum absolute atomic E-state index is 12.6. The van der Waals surface area contributed by atoms with Gasteiger partial charge in [-0.15, -0.1) is 0 Å². The highest BCUT2D eigenvalue weighted by Crippen LogP contribution is 2.32. The number of fused-ring (bicyclic) bond motifs is 1. The average Bonchev–Trinajstić information content (AvgIpc) is 3.22. The van der Waals surface area contributed by atoms with E-state index in [9.17, 15) is 4.79 Å². The molecule has 3 aromatic rings. The van der Waals surface area contributed by atoms with Crippen LogP contribution in [0.5, 0.6) is 0 Å². The van der Waals surface area contributed by atoms with Gasteiger partial charge in [0.25, 0.3) is 0 Å². The molecule has 0 aliphatic carbocycles. The summed E-state index contributed by atoms with van der Waals surface area (Å²) in [4.78, 5) is 14.5. The van der Waals surface area contributed by atoms with E-state index in [1.54, 1.807) is 0 Å². The number of aromatic nitrogens is 2. The van der Waals surface area contributed by atoms with Crippen LogP contribution in [0.2, 0.25) is 0 Å². The summed E-state index contributed by atoms with van der Waals surface area (Å²) in [6.45, 7) is 3.36. The maximum atomic E-state index is 12.6. The summed E-state index contributed by atoms with van der Waals surface area (Å²) in [5.74, 6) is 0.198. The second-order valence-electron chi connectivity index (χ2n) is 6.58. The maximum Gasteiger partial charge on any atom is 0.223 e. The molecule has 1 N–H and O–H groups in total. The molecule has 1 aliphatic rings. The van der Waals surface area contributed by atoms with Crippen molar-refractivity contribution >= 4 is 5.91 Å². The lowest BCUT2D eigenvalue weighted by atomic mass is 10.0. The van der Waals surface area contributed by atoms with Crippen LogP contribution in [0, 0.1) is 6.92 Å². The number of H-pyrrole nitrogens is 1. The predicted molar refractivity (Wildman–Crippen MR) is 97.8 cm³/mol. The van der Waals surface area contributed by atoms with Crippen LogP contribution in [-0.2, 0) is 24.3 Å². The van der Waals surface area contributed by atoms with Gasteiger partial charge < -0.3 is 4.90 Å². The zero-order valence-electron chi connectivity index (χ0n) is 14.3. The van der Waals surface area contributed by atoms with E-state index in [-0.39, 0.29) is 5.91 Å². The standard InChI is InChI=1S/C21H21N3O/c1-15-7-5-6-10-17(15)21-18-13-24(14-19(18)22-23-21)20(25)12-11-16-8-3-2-4-9-16/h2-10H,11-14H2,1H3,(H,22,23). The van der Waals surface area contributed by atoms with Crippen LogP contribution in [-0.4, -0.2) is 21.0 Å². The zero-order chi connectivity index (χ0) is 17.2. The molecule has 0 fully saturated rings. The molecule has 4 nitrogen and oxygen atoms in total. The van der Waals surface area contributed by atoms with Crippen LogP contribution >= 0.6 is 0 Å². The summed E-state index contributed by atoms with van der Waals surface area (Å²) in [7, 11) is 0. The minimum absolute atomic E-state index is 0.198. The second-order valence-corrected chi connectivity index (χ2v) is 6.58. The van der Waals surface area contributed by atoms with Gasteiger partial charge in [0.15, 0.2) is 0 Å². The molecular weight excluding hydrogens is 310 g/mol. The monoisotopic (exact) mass is 331 g/mol. The molecule has 25 heavy (non-hydrogen) atoms. The molecule has 4 rings (SSSR count). The van der Waals surface area contributed by atoms with Gasteiger partial charge in [-0.1, -0.05) is 54.6 Å². The Balaban J connectivity index is 1.47. The lowest BCUT2D eigenvalue weighted by Gasteiger charge is -2.16. The third kappa shape index (κ3) is 3.07. The molecule has 1 amide bonds. The third-order valence-electron chi connectivity index (χ3n) is 4.87. The molecule has 4 heteroatoms. The largest absolute Gasteiger partial charge is 0.332 e. The molecule has 0 radical (unpaired) electrons. The van der Waals surface area contributed by atoms with Crippen LogP contribution < -0.4 is 0 Å². The predicted octanol–water partition coefficient (Wildman–Crippen LogP) is 3.86. The number of rotatable bonds is 4. The number of carbonyl (C=O) groups is 1. The minimum Gasteiger partial charge on any atom is -0.332 e. The number of amides is 1. The Kier molecular flexibility index (Phi) is 4.10. The summed E-state index contributed by atoms with van der Waals surface area (Å²) in [6, 6.07) is 18.4. The topological polar surface area (TPSA) is 49.0 Å². The molecule has 2 heterocycles. The van der Waals surface area contributed by atoms with Crippen LogP contribution in [0.3, 0.4) is 0 Å². The Hall–Kier alpha value is -2.88. The van der Waals surface area contributed by atoms with E-state index in [2.05, 4.69) is 41.4 Å². The number of aryl methyl sites for hydroxylation is 2. The van der Waals surface area contributed by atoms with Gasteiger partial charge in [-0.3, -0.25) is 9.89 Å². The molecular formula is C21H21N3O. The van der Waals surface area contributed by atoms with Crippen molar-refractivity contribution in [3.8, 4) is 11.3 Å². The number of benzene rings is 2. The minimum atomic E-state index is 0.198. The molecule has 0 atom stereocenters. The van der Waals surface area contributed by atoms with Gasteiger partial charge in [0.1, 0.15) is 0 Å². The van der Waals surface area contributed by atoms with E-state index in [0.29, 0.717) is 19.5 Å². The van der Waals surface area contributed by atoms with E-state index in [0.717, 1.165) is 28.9 Å². The van der Waals surface area contributed by atoms with E-state index in [4.69, 9.17) is 0 Å². The fourth-order valence-corrected chi connectivity index (χ4v) is 3.43. The molecule has 2 aromatic carbocycles. The smallest absolute Gasteiger partial charge is 0.223 e. The van der Waals surface area contributed by atoms with E-state index < -0.39 is 0 Å². The van der Waals surface area contributed by atoms with Crippen LogP contribution in [0.4, 0.5) is 0 Å². The quantitative estimate of drug-likeness (QED) is 0.789. The van der Waals surface area contributed by atoms with Gasteiger partial charge in [0.2, 0.25) is 5.91 Å². The van der Waals surface area contributed by atoms with Gasteiger partial charge in [0, 0.05) is 17.5 Å². The number of aromatic amines is 1. The van der Waals surface area contributed by atoms with Crippen molar-refractivity contribution in [1.82, 2.24) is 15.1 Å². The first kappa shape index (κ1) is 15.6. The Morgan fingerprint density at radius 3 is 2.64 bits per heavy atom. The van der Waals surface area contributed by atoms with Crippen molar-refractivity contribution in [3.05, 3.63) is 77.0 Å². The lowest BCUT2D eigenvalue weighted by Crippen LogP contribution is -2.26. The van der Waals surface area contributed by atoms with Crippen molar-refractivity contribution in [2.24, 2.45) is 0 Å². The van der Waals surface area contributed by atoms with Crippen LogP contribution in [0.25, 0.3) is 11.3 Å². The number of hydrogen-bond acceptors (Lipinski definition) is 2. The number of hydrogen-bond donors (Lipinski definition) is 1. The summed E-state index contributed by atoms with van der Waals surface area (Å²) in [6.07, 6.45) is 1.33. The van der Waals surface area contributed by atoms with E-state index in [1.807, 2.05) is 35.2 Å². The second kappa shape index (κ2) is 6.55. The van der Waals surface area contributed by atoms with Crippen molar-refractivity contribution in [2.75, 3.05) is 0 Å². The number of nitrogens with zero attached hydrogens (tertiary/aromatic N) is 2. The van der Waals surface area contributed by atoms with Crippen molar-refractivity contribution < 1.29 is 4.79 Å². The zero-order valence-corrected chi connectivity index (χ0v) is 14.3. The highest BCUT2D eigenvalue weighted by molar-refractivity contribution is 5.78. The molecule has 0 saturated heterocycles. The van der Waals surface area contributed by atoms with Crippen LogP contribution in [0.15, 0.2) is 54.6 Å². The number of nitrogens with one attached hydrogen (secondary N) is 1. The average molecular weight is 331 g/mol. The van der Waals surface area contributed by atoms with Crippen molar-refractivity contribution in [2.45, 2.75) is 32.9 Å². The Morgan fingerprint density at radius 2 is 1.84 bits per heavy atom. The van der Waals surface area contributed by atoms with Crippen LogP contribution in [0.1, 0.15) is 28.8 Å². The third-order valence-corrected chi connectivity index (χ3v) is 4.87. The molecule has 126 valence electrons. The SMILES string of the molecule is Cc1ccccc1-c1n[nH]c2c1CN(C(=O)CCc1ccccc1)C2. The lowest BCUT2D eigenvalue weighted by molar-refractivity contribution is -0.131. The molecule has 0 saturated carbocycles. The van der Waals surface area contributed by atoms with E-state index in [1.165, 1.54) is 11.1 Å². The fourth-order valence-electron chi connectivity index (χ4n) is 3.43.